The number of nitrogens with zero attached hydrogens (tertiary/aromatic N) is 6. The van der Waals surface area contributed by atoms with E-state index in [1.165, 1.54) is 4.57 Å². The molecule has 234 valence electrons. The summed E-state index contributed by atoms with van der Waals surface area (Å²) in [5, 5.41) is 1.45. The van der Waals surface area contributed by atoms with Crippen LogP contribution >= 0.6 is 0 Å². The Kier molecular flexibility index (Phi) is 8.24. The van der Waals surface area contributed by atoms with Crippen LogP contribution in [0.3, 0.4) is 0 Å². The van der Waals surface area contributed by atoms with Crippen LogP contribution in [0, 0.1) is 6.92 Å². The van der Waals surface area contributed by atoms with Gasteiger partial charge < -0.3 is 24.0 Å². The first-order valence-corrected chi connectivity index (χ1v) is 15.7. The van der Waals surface area contributed by atoms with Crippen LogP contribution in [-0.4, -0.2) is 70.7 Å². The quantitative estimate of drug-likeness (QED) is 0.308. The average Bonchev–Trinajstić information content (AvgIpc) is 3.00. The van der Waals surface area contributed by atoms with E-state index in [9.17, 15) is 9.59 Å². The topological polar surface area (TPSA) is 104 Å². The molecular weight excluding hydrogens is 560 g/mol. The molecule has 4 aromatic rings. The van der Waals surface area contributed by atoms with E-state index in [1.54, 1.807) is 11.6 Å². The minimum Gasteiger partial charge on any atom is -0.490 e. The van der Waals surface area contributed by atoms with E-state index in [2.05, 4.69) is 23.6 Å². The lowest BCUT2D eigenvalue weighted by molar-refractivity contribution is -0.00569. The summed E-state index contributed by atoms with van der Waals surface area (Å²) in [5.74, 6) is 2.78. The number of ether oxygens (including phenoxy) is 3. The molecule has 2 unspecified atom stereocenters. The highest BCUT2D eigenvalue weighted by Gasteiger charge is 2.30. The van der Waals surface area contributed by atoms with Crippen molar-refractivity contribution in [2.45, 2.75) is 65.7 Å². The maximum Gasteiger partial charge on any atom is 0.331 e. The molecule has 11 nitrogen and oxygen atoms in total. The van der Waals surface area contributed by atoms with E-state index in [0.717, 1.165) is 22.3 Å². The Morgan fingerprint density at radius 2 is 1.55 bits per heavy atom. The largest absolute Gasteiger partial charge is 0.490 e. The van der Waals surface area contributed by atoms with Crippen molar-refractivity contribution in [3.05, 3.63) is 56.7 Å². The Labute approximate surface area is 257 Å². The second-order valence-corrected chi connectivity index (χ2v) is 11.9. The maximum atomic E-state index is 13.6. The lowest BCUT2D eigenvalue weighted by Crippen LogP contribution is -2.47. The average molecular weight is 603 g/mol. The number of benzene rings is 2. The molecule has 0 N–H and O–H groups in total. The van der Waals surface area contributed by atoms with Gasteiger partial charge in [0, 0.05) is 50.7 Å². The summed E-state index contributed by atoms with van der Waals surface area (Å²) >= 11 is 0. The third kappa shape index (κ3) is 5.49. The molecule has 0 bridgehead atoms. The van der Waals surface area contributed by atoms with Gasteiger partial charge in [0.1, 0.15) is 5.82 Å². The SMILES string of the molecule is CCOc1cc2nc(N3CC(C)OC(C)C3)nc(N3CCC(n4c(=O)c5cc(C)ccc5n(C)c4=O)CC3)c2cc1OCC. The summed E-state index contributed by atoms with van der Waals surface area (Å²) in [7, 11) is 1.74. The monoisotopic (exact) mass is 602 g/mol. The number of fused-ring (bicyclic) bond motifs is 2. The summed E-state index contributed by atoms with van der Waals surface area (Å²) in [4.78, 5) is 41.6. The molecule has 0 amide bonds. The van der Waals surface area contributed by atoms with Gasteiger partial charge in [0.05, 0.1) is 41.8 Å². The fraction of sp³-hybridized carbons (Fsp3) is 0.515. The van der Waals surface area contributed by atoms with Crippen LogP contribution in [0.5, 0.6) is 11.5 Å². The molecule has 2 atom stereocenters. The molecule has 2 saturated heterocycles. The molecular formula is C33H42N6O5. The molecule has 0 aliphatic carbocycles. The second-order valence-electron chi connectivity index (χ2n) is 11.9. The molecule has 4 heterocycles. The van der Waals surface area contributed by atoms with Crippen LogP contribution in [0.25, 0.3) is 21.8 Å². The molecule has 6 rings (SSSR count). The van der Waals surface area contributed by atoms with Gasteiger partial charge in [0.2, 0.25) is 5.95 Å². The van der Waals surface area contributed by atoms with Gasteiger partial charge in [-0.25, -0.2) is 9.78 Å². The number of anilines is 2. The number of aryl methyl sites for hydroxylation is 2. The summed E-state index contributed by atoms with van der Waals surface area (Å²) in [5.41, 5.74) is 1.92. The number of morpholine rings is 1. The highest BCUT2D eigenvalue weighted by molar-refractivity contribution is 5.93. The van der Waals surface area contributed by atoms with Gasteiger partial charge in [-0.1, -0.05) is 11.6 Å². The first-order valence-electron chi connectivity index (χ1n) is 15.7. The van der Waals surface area contributed by atoms with Gasteiger partial charge in [-0.05, 0) is 65.7 Å². The van der Waals surface area contributed by atoms with Gasteiger partial charge in [-0.2, -0.15) is 4.98 Å². The minimum atomic E-state index is -0.278. The Morgan fingerprint density at radius 3 is 2.20 bits per heavy atom. The Bertz CT molecular complexity index is 1800. The third-order valence-electron chi connectivity index (χ3n) is 8.62. The standard InChI is InChI=1S/C33H42N6O5/c1-7-42-28-16-24-26(17-29(28)43-8-2)34-32(38-18-21(4)44-22(5)19-38)35-30(24)37-13-11-23(12-14-37)39-31(40)25-15-20(3)9-10-27(25)36(6)33(39)41/h9-10,15-17,21-23H,7-8,11-14,18-19H2,1-6H3. The summed E-state index contributed by atoms with van der Waals surface area (Å²) in [6.45, 7) is 13.7. The normalized spacial score (nSPS) is 19.6. The minimum absolute atomic E-state index is 0.0585. The van der Waals surface area contributed by atoms with Crippen molar-refractivity contribution in [1.29, 1.82) is 0 Å². The summed E-state index contributed by atoms with van der Waals surface area (Å²) in [6.07, 6.45) is 1.38. The van der Waals surface area contributed by atoms with Gasteiger partial charge in [-0.15, -0.1) is 0 Å². The van der Waals surface area contributed by atoms with Crippen molar-refractivity contribution in [2.75, 3.05) is 49.2 Å². The number of rotatable bonds is 7. The smallest absolute Gasteiger partial charge is 0.331 e. The van der Waals surface area contributed by atoms with E-state index >= 15 is 0 Å². The molecule has 0 saturated carbocycles. The molecule has 44 heavy (non-hydrogen) atoms. The number of hydrogen-bond acceptors (Lipinski definition) is 9. The van der Waals surface area contributed by atoms with E-state index in [1.807, 2.05) is 51.1 Å². The van der Waals surface area contributed by atoms with Crippen molar-refractivity contribution in [3.8, 4) is 11.5 Å². The van der Waals surface area contributed by atoms with Gasteiger partial charge in [0.25, 0.3) is 5.56 Å². The molecule has 2 aliphatic rings. The fourth-order valence-electron chi connectivity index (χ4n) is 6.62. The highest BCUT2D eigenvalue weighted by atomic mass is 16.5. The van der Waals surface area contributed by atoms with Crippen molar-refractivity contribution in [2.24, 2.45) is 7.05 Å². The molecule has 11 heteroatoms. The lowest BCUT2D eigenvalue weighted by atomic mass is 10.0. The van der Waals surface area contributed by atoms with Crippen LogP contribution < -0.4 is 30.5 Å². The van der Waals surface area contributed by atoms with Gasteiger partial charge in [-0.3, -0.25) is 13.9 Å². The van der Waals surface area contributed by atoms with E-state index in [0.29, 0.717) is 80.6 Å². The maximum absolute atomic E-state index is 13.6. The summed E-state index contributed by atoms with van der Waals surface area (Å²) in [6, 6.07) is 9.36. The van der Waals surface area contributed by atoms with Crippen LogP contribution in [-0.2, 0) is 11.8 Å². The Hall–Kier alpha value is -4.12. The summed E-state index contributed by atoms with van der Waals surface area (Å²) < 4.78 is 20.9. The first kappa shape index (κ1) is 29.9. The molecule has 2 fully saturated rings. The first-order chi connectivity index (χ1) is 21.2. The molecule has 0 spiro atoms. The Morgan fingerprint density at radius 1 is 0.886 bits per heavy atom. The molecule has 2 aliphatic heterocycles. The van der Waals surface area contributed by atoms with Crippen molar-refractivity contribution in [1.82, 2.24) is 19.1 Å². The lowest BCUT2D eigenvalue weighted by Gasteiger charge is -2.37. The molecule has 0 radical (unpaired) electrons. The number of hydrogen-bond donors (Lipinski definition) is 0. The predicted molar refractivity (Wildman–Crippen MR) is 173 cm³/mol. The predicted octanol–water partition coefficient (Wildman–Crippen LogP) is 4.20. The third-order valence-corrected chi connectivity index (χ3v) is 8.62. The molecule has 2 aromatic carbocycles. The zero-order valence-corrected chi connectivity index (χ0v) is 26.5. The van der Waals surface area contributed by atoms with E-state index in [4.69, 9.17) is 24.2 Å². The van der Waals surface area contributed by atoms with Crippen molar-refractivity contribution in [3.63, 3.8) is 0 Å². The zero-order valence-electron chi connectivity index (χ0n) is 26.5. The van der Waals surface area contributed by atoms with Crippen LogP contribution in [0.2, 0.25) is 0 Å². The Balaban J connectivity index is 1.39. The van der Waals surface area contributed by atoms with Gasteiger partial charge in [0.15, 0.2) is 11.5 Å². The zero-order chi connectivity index (χ0) is 31.1. The number of aromatic nitrogens is 4. The highest BCUT2D eigenvalue weighted by Crippen LogP contribution is 2.38. The van der Waals surface area contributed by atoms with Crippen molar-refractivity contribution >= 4 is 33.6 Å². The molecule has 2 aromatic heterocycles. The van der Waals surface area contributed by atoms with Gasteiger partial charge >= 0.3 is 5.69 Å². The fourth-order valence-corrected chi connectivity index (χ4v) is 6.62. The van der Waals surface area contributed by atoms with Crippen LogP contribution in [0.1, 0.15) is 52.1 Å². The second kappa shape index (κ2) is 12.1. The van der Waals surface area contributed by atoms with E-state index < -0.39 is 0 Å². The number of piperidine rings is 1. The van der Waals surface area contributed by atoms with Crippen molar-refractivity contribution < 1.29 is 14.2 Å². The van der Waals surface area contributed by atoms with Crippen LogP contribution in [0.15, 0.2) is 39.9 Å². The van der Waals surface area contributed by atoms with Crippen LogP contribution in [0.4, 0.5) is 11.8 Å². The van der Waals surface area contributed by atoms with E-state index in [-0.39, 0.29) is 29.5 Å².